The van der Waals surface area contributed by atoms with Crippen molar-refractivity contribution in [2.45, 2.75) is 12.0 Å². The Labute approximate surface area is 131 Å². The van der Waals surface area contributed by atoms with E-state index in [0.29, 0.717) is 5.69 Å². The summed E-state index contributed by atoms with van der Waals surface area (Å²) in [5, 5.41) is 13.6. The number of amides is 1. The van der Waals surface area contributed by atoms with Gasteiger partial charge in [-0.05, 0) is 18.2 Å². The van der Waals surface area contributed by atoms with Gasteiger partial charge in [0.2, 0.25) is 0 Å². The van der Waals surface area contributed by atoms with E-state index in [-0.39, 0.29) is 10.6 Å². The van der Waals surface area contributed by atoms with Gasteiger partial charge >= 0.3 is 11.9 Å². The first kappa shape index (κ1) is 16.3. The monoisotopic (exact) mass is 327 g/mol. The van der Waals surface area contributed by atoms with Crippen molar-refractivity contribution in [2.75, 3.05) is 19.5 Å². The molecule has 1 aromatic carbocycles. The Morgan fingerprint density at radius 2 is 2.05 bits per heavy atom. The summed E-state index contributed by atoms with van der Waals surface area (Å²) < 4.78 is 9.12. The van der Waals surface area contributed by atoms with E-state index in [0.717, 1.165) is 14.2 Å². The lowest BCUT2D eigenvalue weighted by Crippen LogP contribution is -2.46. The highest BCUT2D eigenvalue weighted by atomic mass is 35.5. The second-order valence-corrected chi connectivity index (χ2v) is 5.20. The minimum absolute atomic E-state index is 0.115. The largest absolute Gasteiger partial charge is 0.469 e. The SMILES string of the molecule is COC(=O)CC(C(=O)OC)C1(O)C(=O)Nc2ccc(Cl)cc21. The van der Waals surface area contributed by atoms with E-state index in [4.69, 9.17) is 11.6 Å². The Morgan fingerprint density at radius 3 is 2.64 bits per heavy atom. The van der Waals surface area contributed by atoms with Gasteiger partial charge in [-0.15, -0.1) is 0 Å². The van der Waals surface area contributed by atoms with Gasteiger partial charge in [-0.1, -0.05) is 11.6 Å². The van der Waals surface area contributed by atoms with Crippen LogP contribution in [0.15, 0.2) is 18.2 Å². The second-order valence-electron chi connectivity index (χ2n) is 4.77. The van der Waals surface area contributed by atoms with Crippen LogP contribution >= 0.6 is 11.6 Å². The van der Waals surface area contributed by atoms with Crippen molar-refractivity contribution in [2.24, 2.45) is 5.92 Å². The van der Waals surface area contributed by atoms with Crippen molar-refractivity contribution >= 4 is 35.1 Å². The van der Waals surface area contributed by atoms with E-state index in [1.165, 1.54) is 18.2 Å². The maximum absolute atomic E-state index is 12.2. The van der Waals surface area contributed by atoms with E-state index >= 15 is 0 Å². The summed E-state index contributed by atoms with van der Waals surface area (Å²) in [7, 11) is 2.24. The Morgan fingerprint density at radius 1 is 1.36 bits per heavy atom. The van der Waals surface area contributed by atoms with Crippen LogP contribution < -0.4 is 5.32 Å². The van der Waals surface area contributed by atoms with E-state index < -0.39 is 35.8 Å². The van der Waals surface area contributed by atoms with Gasteiger partial charge in [-0.2, -0.15) is 0 Å². The molecule has 0 fully saturated rings. The topological polar surface area (TPSA) is 102 Å². The van der Waals surface area contributed by atoms with Crippen LogP contribution in [0, 0.1) is 5.92 Å². The number of benzene rings is 1. The van der Waals surface area contributed by atoms with Crippen molar-refractivity contribution in [3.05, 3.63) is 28.8 Å². The molecule has 2 N–H and O–H groups in total. The lowest BCUT2D eigenvalue weighted by Gasteiger charge is -2.28. The van der Waals surface area contributed by atoms with Crippen LogP contribution in [0.2, 0.25) is 5.02 Å². The predicted molar refractivity (Wildman–Crippen MR) is 76.1 cm³/mol. The molecule has 8 heteroatoms. The lowest BCUT2D eigenvalue weighted by atomic mass is 9.80. The normalized spacial score (nSPS) is 20.8. The van der Waals surface area contributed by atoms with Gasteiger partial charge in [0.15, 0.2) is 5.60 Å². The number of ether oxygens (including phenoxy) is 2. The zero-order valence-corrected chi connectivity index (χ0v) is 12.6. The summed E-state index contributed by atoms with van der Waals surface area (Å²) in [5.74, 6) is -3.95. The number of methoxy groups -OCH3 is 2. The van der Waals surface area contributed by atoms with Crippen LogP contribution in [0.5, 0.6) is 0 Å². The molecule has 0 radical (unpaired) electrons. The van der Waals surface area contributed by atoms with Gasteiger partial charge in [0.25, 0.3) is 5.91 Å². The maximum atomic E-state index is 12.2. The van der Waals surface area contributed by atoms with Crippen LogP contribution in [0.25, 0.3) is 0 Å². The summed E-state index contributed by atoms with van der Waals surface area (Å²) in [6.07, 6.45) is -0.515. The van der Waals surface area contributed by atoms with E-state index in [2.05, 4.69) is 14.8 Å². The number of carbonyl (C=O) groups is 3. The van der Waals surface area contributed by atoms with Gasteiger partial charge in [0.05, 0.1) is 20.6 Å². The molecule has 7 nitrogen and oxygen atoms in total. The molecular formula is C14H14ClNO6. The predicted octanol–water partition coefficient (Wildman–Crippen LogP) is 0.832. The molecule has 1 aliphatic rings. The number of esters is 2. The van der Waals surface area contributed by atoms with Crippen molar-refractivity contribution in [3.63, 3.8) is 0 Å². The average molecular weight is 328 g/mol. The summed E-state index contributed by atoms with van der Waals surface area (Å²) in [5.41, 5.74) is -1.83. The number of halogens is 1. The Kier molecular flexibility index (Phi) is 4.39. The van der Waals surface area contributed by atoms with Crippen LogP contribution in [0.3, 0.4) is 0 Å². The summed E-state index contributed by atoms with van der Waals surface area (Å²) >= 11 is 5.89. The quantitative estimate of drug-likeness (QED) is 0.794. The third-order valence-electron chi connectivity index (χ3n) is 3.58. The molecule has 118 valence electrons. The minimum atomic E-state index is -2.26. The number of aliphatic hydroxyl groups is 1. The first-order chi connectivity index (χ1) is 10.3. The first-order valence-electron chi connectivity index (χ1n) is 6.33. The Balaban J connectivity index is 2.54. The number of hydrogen-bond donors (Lipinski definition) is 2. The fourth-order valence-corrected chi connectivity index (χ4v) is 2.59. The molecule has 0 saturated carbocycles. The molecule has 1 heterocycles. The zero-order chi connectivity index (χ0) is 16.5. The molecule has 2 rings (SSSR count). The van der Waals surface area contributed by atoms with E-state index in [1.807, 2.05) is 0 Å². The molecule has 0 aliphatic carbocycles. The van der Waals surface area contributed by atoms with Crippen LogP contribution in [-0.2, 0) is 29.5 Å². The molecular weight excluding hydrogens is 314 g/mol. The highest BCUT2D eigenvalue weighted by Gasteiger charge is 2.55. The maximum Gasteiger partial charge on any atom is 0.313 e. The molecule has 1 amide bonds. The Bertz CT molecular complexity index is 646. The molecule has 0 saturated heterocycles. The average Bonchev–Trinajstić information content (AvgIpc) is 2.76. The molecule has 1 aliphatic heterocycles. The summed E-state index contributed by atoms with van der Waals surface area (Å²) in [6.45, 7) is 0. The highest BCUT2D eigenvalue weighted by Crippen LogP contribution is 2.44. The summed E-state index contributed by atoms with van der Waals surface area (Å²) in [6, 6.07) is 4.39. The van der Waals surface area contributed by atoms with E-state index in [9.17, 15) is 19.5 Å². The van der Waals surface area contributed by atoms with Crippen molar-refractivity contribution in [1.29, 1.82) is 0 Å². The van der Waals surface area contributed by atoms with Gasteiger partial charge in [-0.3, -0.25) is 14.4 Å². The second kappa shape index (κ2) is 5.94. The third-order valence-corrected chi connectivity index (χ3v) is 3.81. The molecule has 2 atom stereocenters. The smallest absolute Gasteiger partial charge is 0.313 e. The van der Waals surface area contributed by atoms with Crippen molar-refractivity contribution < 1.29 is 29.0 Å². The van der Waals surface area contributed by atoms with Crippen molar-refractivity contribution in [3.8, 4) is 0 Å². The summed E-state index contributed by atoms with van der Waals surface area (Å²) in [4.78, 5) is 35.8. The molecule has 22 heavy (non-hydrogen) atoms. The van der Waals surface area contributed by atoms with Gasteiger partial charge in [-0.25, -0.2) is 0 Å². The molecule has 2 unspecified atom stereocenters. The molecule has 1 aromatic rings. The molecule has 0 bridgehead atoms. The third kappa shape index (κ3) is 2.53. The van der Waals surface area contributed by atoms with Crippen LogP contribution in [0.4, 0.5) is 5.69 Å². The van der Waals surface area contributed by atoms with Crippen LogP contribution in [-0.4, -0.2) is 37.2 Å². The number of carbonyl (C=O) groups excluding carboxylic acids is 3. The van der Waals surface area contributed by atoms with Gasteiger partial charge in [0, 0.05) is 16.3 Å². The van der Waals surface area contributed by atoms with Crippen molar-refractivity contribution in [1.82, 2.24) is 0 Å². The standard InChI is InChI=1S/C14H14ClNO6/c1-21-11(17)6-9(12(18)22-2)14(20)8-5-7(15)3-4-10(8)16-13(14)19/h3-5,9,20H,6H2,1-2H3,(H,16,19). The fraction of sp³-hybridized carbons (Fsp3) is 0.357. The van der Waals surface area contributed by atoms with Gasteiger partial charge in [0.1, 0.15) is 5.92 Å². The Hall–Kier alpha value is -2.12. The zero-order valence-electron chi connectivity index (χ0n) is 11.9. The number of anilines is 1. The minimum Gasteiger partial charge on any atom is -0.469 e. The van der Waals surface area contributed by atoms with E-state index in [1.54, 1.807) is 0 Å². The molecule has 0 aromatic heterocycles. The lowest BCUT2D eigenvalue weighted by molar-refractivity contribution is -0.167. The number of fused-ring (bicyclic) bond motifs is 1. The first-order valence-corrected chi connectivity index (χ1v) is 6.70. The number of rotatable bonds is 4. The van der Waals surface area contributed by atoms with Gasteiger partial charge < -0.3 is 19.9 Å². The van der Waals surface area contributed by atoms with Crippen LogP contribution in [0.1, 0.15) is 12.0 Å². The molecule has 0 spiro atoms. The fourth-order valence-electron chi connectivity index (χ4n) is 2.42. The highest BCUT2D eigenvalue weighted by molar-refractivity contribution is 6.31. The number of hydrogen-bond acceptors (Lipinski definition) is 6. The number of nitrogens with one attached hydrogen (secondary N) is 1.